The first kappa shape index (κ1) is 78.1. The normalized spacial score (nSPS) is 23.3. The molecule has 2 fully saturated rings. The Kier molecular flexibility index (Phi) is 24.9. The highest BCUT2D eigenvalue weighted by molar-refractivity contribution is 6.42. The van der Waals surface area contributed by atoms with Crippen LogP contribution in [-0.2, 0) is 67.8 Å². The Bertz CT molecular complexity index is 4220. The molecule has 0 N–H and O–H groups in total. The minimum Gasteiger partial charge on any atom is -0.489 e. The van der Waals surface area contributed by atoms with Crippen molar-refractivity contribution in [3.8, 4) is 23.0 Å². The summed E-state index contributed by atoms with van der Waals surface area (Å²) < 4.78 is 38.1. The Morgan fingerprint density at radius 1 is 0.472 bits per heavy atom. The van der Waals surface area contributed by atoms with E-state index in [-0.39, 0.29) is 48.0 Å². The van der Waals surface area contributed by atoms with Gasteiger partial charge in [-0.25, -0.2) is 0 Å². The first-order valence-electron chi connectivity index (χ1n) is 38.6. The second-order valence-corrected chi connectivity index (χ2v) is 32.9. The second-order valence-electron chi connectivity index (χ2n) is 31.2. The van der Waals surface area contributed by atoms with E-state index in [2.05, 4.69) is 126 Å². The topological polar surface area (TPSA) is 137 Å². The van der Waals surface area contributed by atoms with Gasteiger partial charge in [0.25, 0.3) is 11.8 Å². The van der Waals surface area contributed by atoms with Gasteiger partial charge in [0.2, 0.25) is 12.2 Å². The molecule has 0 saturated heterocycles. The lowest BCUT2D eigenvalue weighted by Crippen LogP contribution is -2.50. The van der Waals surface area contributed by atoms with E-state index in [1.54, 1.807) is 48.2 Å². The first-order valence-corrected chi connectivity index (χ1v) is 40.1. The van der Waals surface area contributed by atoms with Crippen molar-refractivity contribution in [3.05, 3.63) is 246 Å². The molecule has 0 unspecified atom stereocenters. The molecule has 14 nitrogen and oxygen atoms in total. The van der Waals surface area contributed by atoms with Crippen molar-refractivity contribution in [2.24, 2.45) is 35.5 Å². The third-order valence-electron chi connectivity index (χ3n) is 23.3. The van der Waals surface area contributed by atoms with Crippen molar-refractivity contribution in [2.75, 3.05) is 23.9 Å². The number of amides is 2. The van der Waals surface area contributed by atoms with Gasteiger partial charge in [-0.15, -0.1) is 0 Å². The summed E-state index contributed by atoms with van der Waals surface area (Å²) in [5.41, 5.74) is 11.3. The number of rotatable bonds is 20. The molecule has 2 amide bonds. The summed E-state index contributed by atoms with van der Waals surface area (Å²) >= 11 is 24.4. The number of benzene rings is 8. The molecule has 8 aromatic rings. The van der Waals surface area contributed by atoms with Gasteiger partial charge in [-0.05, 0) is 204 Å². The van der Waals surface area contributed by atoms with Gasteiger partial charge >= 0.3 is 11.9 Å². The maximum Gasteiger partial charge on any atom is 0.324 e. The summed E-state index contributed by atoms with van der Waals surface area (Å²) in [4.78, 5) is 64.5. The Labute approximate surface area is 657 Å². The molecule has 8 aromatic carbocycles. The molecule has 4 aliphatic heterocycles. The molecule has 2 aliphatic carbocycles. The minimum atomic E-state index is -0.813. The van der Waals surface area contributed by atoms with E-state index in [4.69, 9.17) is 74.8 Å². The fraction of sp³-hybridized carbons (Fsp3) is 0.422. The standard InChI is InChI=1S/2C45H50Cl2N2O5/c2*1-6-38(30-10-8-7-9-11-30)49-25-33-24-42-39(22-32(33)23-40(49)45(51)54-41-20-28(4)12-18-35(41)27(2)3)48(5)44(50)43(53-42)31-14-16-34(17-15-31)52-26-29-13-19-36(46)37(47)21-29/h2*7-11,13-17,19,21-22,24,27-28,35,38,40-41,43H,6,12,18,20,23,25-26H2,1-5H3/t28-,35+,38+,40+,41-,43-;28-,35+,38-,40+,41-,43-/m11/s1. The molecule has 0 aromatic heterocycles. The maximum absolute atomic E-state index is 14.4. The minimum absolute atomic E-state index is 0.0226. The predicted molar refractivity (Wildman–Crippen MR) is 428 cm³/mol. The average Bonchev–Trinajstić information content (AvgIpc) is 0.754. The number of carbonyl (C=O) groups is 4. The molecule has 0 radical (unpaired) electrons. The third kappa shape index (κ3) is 17.4. The quantitative estimate of drug-likeness (QED) is 0.0672. The van der Waals surface area contributed by atoms with Crippen LogP contribution < -0.4 is 28.7 Å². The number of ether oxygens (including phenoxy) is 6. The molecule has 568 valence electrons. The summed E-state index contributed by atoms with van der Waals surface area (Å²) in [6, 6.07) is 53.9. The van der Waals surface area contributed by atoms with Crippen LogP contribution in [0.3, 0.4) is 0 Å². The fourth-order valence-electron chi connectivity index (χ4n) is 17.1. The summed E-state index contributed by atoms with van der Waals surface area (Å²) in [6.07, 6.45) is 7.20. The first-order chi connectivity index (χ1) is 52.0. The van der Waals surface area contributed by atoms with Gasteiger partial charge in [0.1, 0.15) is 60.5 Å². The van der Waals surface area contributed by atoms with Gasteiger partial charge < -0.3 is 38.2 Å². The zero-order valence-electron chi connectivity index (χ0n) is 63.5. The van der Waals surface area contributed by atoms with Crippen molar-refractivity contribution < 1.29 is 47.6 Å². The molecule has 18 heteroatoms. The predicted octanol–water partition coefficient (Wildman–Crippen LogP) is 21.1. The number of carbonyl (C=O) groups excluding carboxylic acids is 4. The Balaban J connectivity index is 0.000000190. The van der Waals surface area contributed by atoms with Gasteiger partial charge in [0.05, 0.1) is 31.5 Å². The molecular formula is C90H100Cl4N4O10. The van der Waals surface area contributed by atoms with Crippen LogP contribution in [0, 0.1) is 35.5 Å². The number of fused-ring (bicyclic) bond motifs is 4. The highest BCUT2D eigenvalue weighted by atomic mass is 35.5. The SMILES string of the molecule is CC[C@@H](c1ccccc1)N1Cc2cc3c(cc2C[C@H]1C(=O)O[C@@H]1C[C@H](C)CC[C@H]1C(C)C)N(C)C(=O)[C@@H](c1ccc(OCc2ccc(Cl)c(Cl)c2)cc1)O3.CC[C@H](c1ccccc1)N1Cc2cc3c(cc2C[C@H]1C(=O)O[C@@H]1C[C@H](C)CC[C@H]1C(C)C)N(C)C(=O)[C@@H](c1ccc(OCc2ccc(Cl)c(Cl)c2)cc1)O3. The molecule has 4 heterocycles. The van der Waals surface area contributed by atoms with Crippen LogP contribution in [0.2, 0.25) is 20.1 Å². The van der Waals surface area contributed by atoms with Crippen molar-refractivity contribution >= 4 is 81.5 Å². The fourth-order valence-corrected chi connectivity index (χ4v) is 17.8. The summed E-state index contributed by atoms with van der Waals surface area (Å²) in [5.74, 6) is 4.65. The van der Waals surface area contributed by atoms with E-state index in [1.165, 1.54) is 24.0 Å². The molecule has 12 atom stereocenters. The van der Waals surface area contributed by atoms with Crippen molar-refractivity contribution in [2.45, 2.75) is 194 Å². The molecule has 2 saturated carbocycles. The largest absolute Gasteiger partial charge is 0.489 e. The molecule has 6 aliphatic rings. The van der Waals surface area contributed by atoms with Crippen LogP contribution in [0.1, 0.15) is 187 Å². The van der Waals surface area contributed by atoms with E-state index in [1.807, 2.05) is 84.9 Å². The number of likely N-dealkylation sites (N-methyl/N-ethyl adjacent to an activating group) is 2. The van der Waals surface area contributed by atoms with Crippen molar-refractivity contribution in [3.63, 3.8) is 0 Å². The maximum atomic E-state index is 14.4. The summed E-state index contributed by atoms with van der Waals surface area (Å²) in [5, 5.41) is 1.95. The number of halogens is 4. The van der Waals surface area contributed by atoms with Crippen LogP contribution >= 0.6 is 46.4 Å². The highest BCUT2D eigenvalue weighted by Gasteiger charge is 2.45. The van der Waals surface area contributed by atoms with Crippen molar-refractivity contribution in [1.29, 1.82) is 0 Å². The zero-order chi connectivity index (χ0) is 76.2. The number of nitrogens with zero attached hydrogens (tertiary/aromatic N) is 4. The molecule has 0 bridgehead atoms. The van der Waals surface area contributed by atoms with E-state index in [9.17, 15) is 19.2 Å². The van der Waals surface area contributed by atoms with Crippen LogP contribution in [-0.4, -0.2) is 71.9 Å². The van der Waals surface area contributed by atoms with Gasteiger partial charge in [0.15, 0.2) is 0 Å². The lowest BCUT2D eigenvalue weighted by Gasteiger charge is -2.43. The van der Waals surface area contributed by atoms with E-state index in [0.717, 1.165) is 83.0 Å². The third-order valence-corrected chi connectivity index (χ3v) is 24.8. The lowest BCUT2D eigenvalue weighted by atomic mass is 9.75. The summed E-state index contributed by atoms with van der Waals surface area (Å²) in [7, 11) is 3.58. The number of esters is 2. The summed E-state index contributed by atoms with van der Waals surface area (Å²) in [6.45, 7) is 19.6. The zero-order valence-corrected chi connectivity index (χ0v) is 66.6. The number of hydrogen-bond donors (Lipinski definition) is 0. The Morgan fingerprint density at radius 2 is 0.852 bits per heavy atom. The number of anilines is 2. The number of hydrogen-bond acceptors (Lipinski definition) is 12. The van der Waals surface area contributed by atoms with Crippen LogP contribution in [0.25, 0.3) is 0 Å². The van der Waals surface area contributed by atoms with E-state index in [0.29, 0.717) is 129 Å². The highest BCUT2D eigenvalue weighted by Crippen LogP contribution is 2.48. The van der Waals surface area contributed by atoms with Crippen LogP contribution in [0.15, 0.2) is 170 Å². The van der Waals surface area contributed by atoms with Gasteiger partial charge in [0, 0.05) is 50.4 Å². The second kappa shape index (κ2) is 34.5. The molecular weight excluding hydrogens is 1440 g/mol. The molecule has 0 spiro atoms. The van der Waals surface area contributed by atoms with Crippen LogP contribution in [0.5, 0.6) is 23.0 Å². The van der Waals surface area contributed by atoms with Crippen LogP contribution in [0.4, 0.5) is 11.4 Å². The van der Waals surface area contributed by atoms with E-state index < -0.39 is 24.3 Å². The van der Waals surface area contributed by atoms with E-state index >= 15 is 0 Å². The van der Waals surface area contributed by atoms with Gasteiger partial charge in [-0.2, -0.15) is 0 Å². The lowest BCUT2D eigenvalue weighted by molar-refractivity contribution is -0.165. The molecule has 14 rings (SSSR count). The monoisotopic (exact) mass is 1540 g/mol. The average molecular weight is 1540 g/mol. The molecule has 108 heavy (non-hydrogen) atoms. The van der Waals surface area contributed by atoms with Gasteiger partial charge in [-0.1, -0.05) is 212 Å². The van der Waals surface area contributed by atoms with Crippen molar-refractivity contribution in [1.82, 2.24) is 9.80 Å². The smallest absolute Gasteiger partial charge is 0.324 e. The Morgan fingerprint density at radius 3 is 1.20 bits per heavy atom. The van der Waals surface area contributed by atoms with Gasteiger partial charge in [-0.3, -0.25) is 29.0 Å². The Hall–Kier alpha value is -8.08.